The Balaban J connectivity index is 2.26. The van der Waals surface area contributed by atoms with E-state index in [1.54, 1.807) is 0 Å². The number of benzene rings is 1. The van der Waals surface area contributed by atoms with Crippen LogP contribution in [0.1, 0.15) is 55.0 Å². The SMILES string of the molecule is CNC(c1ccc(C(C)(C)C)s1)C(C)c1ccccc1. The van der Waals surface area contributed by atoms with Gasteiger partial charge in [0.15, 0.2) is 0 Å². The number of rotatable bonds is 4. The molecule has 0 aliphatic carbocycles. The summed E-state index contributed by atoms with van der Waals surface area (Å²) < 4.78 is 0. The molecule has 2 atom stereocenters. The van der Waals surface area contributed by atoms with Crippen LogP contribution in [-0.4, -0.2) is 7.05 Å². The van der Waals surface area contributed by atoms with Crippen molar-refractivity contribution in [2.45, 2.75) is 45.1 Å². The van der Waals surface area contributed by atoms with Gasteiger partial charge in [-0.25, -0.2) is 0 Å². The highest BCUT2D eigenvalue weighted by molar-refractivity contribution is 7.12. The number of likely N-dealkylation sites (N-methyl/N-ethyl adjacent to an activating group) is 1. The van der Waals surface area contributed by atoms with Crippen molar-refractivity contribution in [3.8, 4) is 0 Å². The monoisotopic (exact) mass is 287 g/mol. The van der Waals surface area contributed by atoms with E-state index in [0.29, 0.717) is 12.0 Å². The topological polar surface area (TPSA) is 12.0 Å². The Morgan fingerprint density at radius 3 is 2.15 bits per heavy atom. The van der Waals surface area contributed by atoms with Crippen molar-refractivity contribution in [2.24, 2.45) is 0 Å². The number of hydrogen-bond acceptors (Lipinski definition) is 2. The average molecular weight is 287 g/mol. The lowest BCUT2D eigenvalue weighted by molar-refractivity contribution is 0.516. The first-order chi connectivity index (χ1) is 9.43. The van der Waals surface area contributed by atoms with E-state index < -0.39 is 0 Å². The molecule has 1 N–H and O–H groups in total. The molecule has 108 valence electrons. The second-order valence-corrected chi connectivity index (χ2v) is 7.53. The van der Waals surface area contributed by atoms with Gasteiger partial charge in [0, 0.05) is 21.7 Å². The van der Waals surface area contributed by atoms with Crippen LogP contribution in [0.2, 0.25) is 0 Å². The molecule has 0 fully saturated rings. The number of hydrogen-bond donors (Lipinski definition) is 1. The molecule has 2 aromatic rings. The number of thiophene rings is 1. The van der Waals surface area contributed by atoms with Crippen molar-refractivity contribution in [3.63, 3.8) is 0 Å². The lowest BCUT2D eigenvalue weighted by Gasteiger charge is -2.23. The summed E-state index contributed by atoms with van der Waals surface area (Å²) in [7, 11) is 2.06. The molecule has 1 aromatic heterocycles. The smallest absolute Gasteiger partial charge is 0.0479 e. The van der Waals surface area contributed by atoms with E-state index in [4.69, 9.17) is 0 Å². The molecular weight excluding hydrogens is 262 g/mol. The highest BCUT2D eigenvalue weighted by atomic mass is 32.1. The average Bonchev–Trinajstić information content (AvgIpc) is 2.90. The molecule has 0 aliphatic rings. The fourth-order valence-electron chi connectivity index (χ4n) is 2.51. The van der Waals surface area contributed by atoms with E-state index >= 15 is 0 Å². The minimum atomic E-state index is 0.233. The van der Waals surface area contributed by atoms with Crippen LogP contribution in [0.4, 0.5) is 0 Å². The van der Waals surface area contributed by atoms with Crippen LogP contribution in [-0.2, 0) is 5.41 Å². The maximum Gasteiger partial charge on any atom is 0.0479 e. The zero-order valence-electron chi connectivity index (χ0n) is 13.1. The summed E-state index contributed by atoms with van der Waals surface area (Å²) in [6.07, 6.45) is 0. The predicted octanol–water partition coefficient (Wildman–Crippen LogP) is 5.11. The molecular formula is C18H25NS. The Bertz CT molecular complexity index is 536. The predicted molar refractivity (Wildman–Crippen MR) is 89.7 cm³/mol. The molecule has 0 radical (unpaired) electrons. The van der Waals surface area contributed by atoms with Gasteiger partial charge in [-0.3, -0.25) is 0 Å². The fourth-order valence-corrected chi connectivity index (χ4v) is 3.79. The van der Waals surface area contributed by atoms with E-state index in [9.17, 15) is 0 Å². The zero-order chi connectivity index (χ0) is 14.8. The second kappa shape index (κ2) is 6.11. The molecule has 0 aliphatic heterocycles. The normalized spacial score (nSPS) is 15.1. The lowest BCUT2D eigenvalue weighted by atomic mass is 9.92. The molecule has 0 spiro atoms. The van der Waals surface area contributed by atoms with Crippen molar-refractivity contribution in [3.05, 3.63) is 57.8 Å². The summed E-state index contributed by atoms with van der Waals surface area (Å²) in [4.78, 5) is 2.88. The van der Waals surface area contributed by atoms with Gasteiger partial charge in [0.1, 0.15) is 0 Å². The molecule has 0 amide bonds. The van der Waals surface area contributed by atoms with Gasteiger partial charge in [-0.05, 0) is 30.2 Å². The zero-order valence-corrected chi connectivity index (χ0v) is 13.9. The van der Waals surface area contributed by atoms with Crippen molar-refractivity contribution in [2.75, 3.05) is 7.05 Å². The maximum absolute atomic E-state index is 3.49. The Kier molecular flexibility index (Phi) is 4.66. The highest BCUT2D eigenvalue weighted by Crippen LogP contribution is 2.37. The Morgan fingerprint density at radius 2 is 1.65 bits per heavy atom. The molecule has 1 heterocycles. The van der Waals surface area contributed by atoms with E-state index in [1.165, 1.54) is 15.3 Å². The molecule has 20 heavy (non-hydrogen) atoms. The Hall–Kier alpha value is -1.12. The summed E-state index contributed by atoms with van der Waals surface area (Å²) in [6.45, 7) is 9.12. The van der Waals surface area contributed by atoms with Gasteiger partial charge in [-0.15, -0.1) is 11.3 Å². The van der Waals surface area contributed by atoms with Crippen molar-refractivity contribution >= 4 is 11.3 Å². The fraction of sp³-hybridized carbons (Fsp3) is 0.444. The van der Waals surface area contributed by atoms with Gasteiger partial charge in [0.05, 0.1) is 0 Å². The molecule has 0 bridgehead atoms. The summed E-state index contributed by atoms with van der Waals surface area (Å²) in [5, 5.41) is 3.49. The van der Waals surface area contributed by atoms with E-state index in [1.807, 2.05) is 11.3 Å². The van der Waals surface area contributed by atoms with Crippen LogP contribution in [0.3, 0.4) is 0 Å². The van der Waals surface area contributed by atoms with Gasteiger partial charge in [0.2, 0.25) is 0 Å². The van der Waals surface area contributed by atoms with Gasteiger partial charge in [-0.2, -0.15) is 0 Å². The molecule has 1 aromatic carbocycles. The summed E-state index contributed by atoms with van der Waals surface area (Å²) in [6, 6.07) is 15.7. The van der Waals surface area contributed by atoms with Gasteiger partial charge in [-0.1, -0.05) is 58.0 Å². The van der Waals surface area contributed by atoms with Crippen LogP contribution in [0.25, 0.3) is 0 Å². The standard InChI is InChI=1S/C18H25NS/c1-13(14-9-7-6-8-10-14)17(19-5)15-11-12-16(20-15)18(2,3)4/h6-13,17,19H,1-5H3. The summed E-state index contributed by atoms with van der Waals surface area (Å²) in [5.74, 6) is 0.465. The number of nitrogens with one attached hydrogen (secondary N) is 1. The molecule has 0 saturated carbocycles. The summed E-state index contributed by atoms with van der Waals surface area (Å²) in [5.41, 5.74) is 1.62. The molecule has 2 heteroatoms. The van der Waals surface area contributed by atoms with Crippen LogP contribution < -0.4 is 5.32 Å². The Labute approximate surface area is 127 Å². The van der Waals surface area contributed by atoms with Crippen molar-refractivity contribution in [1.82, 2.24) is 5.32 Å². The second-order valence-electron chi connectivity index (χ2n) is 6.42. The van der Waals surface area contributed by atoms with Crippen LogP contribution >= 0.6 is 11.3 Å². The quantitative estimate of drug-likeness (QED) is 0.824. The largest absolute Gasteiger partial charge is 0.312 e. The minimum Gasteiger partial charge on any atom is -0.312 e. The third kappa shape index (κ3) is 3.31. The molecule has 2 rings (SSSR count). The molecule has 2 unspecified atom stereocenters. The van der Waals surface area contributed by atoms with E-state index in [2.05, 4.69) is 82.5 Å². The third-order valence-corrected chi connectivity index (χ3v) is 5.40. The first-order valence-electron chi connectivity index (χ1n) is 7.26. The van der Waals surface area contributed by atoms with Gasteiger partial charge >= 0.3 is 0 Å². The van der Waals surface area contributed by atoms with Gasteiger partial charge < -0.3 is 5.32 Å². The summed E-state index contributed by atoms with van der Waals surface area (Å²) >= 11 is 1.93. The van der Waals surface area contributed by atoms with Crippen LogP contribution in [0.15, 0.2) is 42.5 Å². The van der Waals surface area contributed by atoms with Crippen molar-refractivity contribution < 1.29 is 0 Å². The molecule has 1 nitrogen and oxygen atoms in total. The first-order valence-corrected chi connectivity index (χ1v) is 8.07. The van der Waals surface area contributed by atoms with Gasteiger partial charge in [0.25, 0.3) is 0 Å². The van der Waals surface area contributed by atoms with E-state index in [-0.39, 0.29) is 5.41 Å². The first kappa shape index (κ1) is 15.3. The Morgan fingerprint density at radius 1 is 1.00 bits per heavy atom. The maximum atomic E-state index is 3.49. The molecule has 0 saturated heterocycles. The van der Waals surface area contributed by atoms with Crippen LogP contribution in [0.5, 0.6) is 0 Å². The van der Waals surface area contributed by atoms with Crippen LogP contribution in [0, 0.1) is 0 Å². The minimum absolute atomic E-state index is 0.233. The van der Waals surface area contributed by atoms with E-state index in [0.717, 1.165) is 0 Å². The highest BCUT2D eigenvalue weighted by Gasteiger charge is 2.23. The third-order valence-electron chi connectivity index (χ3n) is 3.81. The lowest BCUT2D eigenvalue weighted by Crippen LogP contribution is -2.21. The van der Waals surface area contributed by atoms with Crippen molar-refractivity contribution in [1.29, 1.82) is 0 Å².